The highest BCUT2D eigenvalue weighted by Crippen LogP contribution is 2.40. The smallest absolute Gasteiger partial charge is 0.205 e. The van der Waals surface area contributed by atoms with Crippen molar-refractivity contribution in [3.8, 4) is 0 Å². The molecule has 0 radical (unpaired) electrons. The zero-order valence-corrected chi connectivity index (χ0v) is 14.4. The fourth-order valence-electron chi connectivity index (χ4n) is 3.70. The van der Waals surface area contributed by atoms with E-state index in [0.29, 0.717) is 25.3 Å². The molecule has 0 spiro atoms. The van der Waals surface area contributed by atoms with Gasteiger partial charge in [-0.15, -0.1) is 0 Å². The van der Waals surface area contributed by atoms with Crippen LogP contribution in [0.2, 0.25) is 0 Å². The van der Waals surface area contributed by atoms with Gasteiger partial charge < -0.3 is 13.9 Å². The number of ketones is 1. The quantitative estimate of drug-likeness (QED) is 0.713. The molecule has 3 heterocycles. The summed E-state index contributed by atoms with van der Waals surface area (Å²) in [5, 5.41) is 11.4. The number of likely N-dealkylation sites (tertiary alicyclic amines) is 1. The molecule has 26 heavy (non-hydrogen) atoms. The second-order valence-corrected chi connectivity index (χ2v) is 6.77. The monoisotopic (exact) mass is 351 g/mol. The molecule has 0 unspecified atom stereocenters. The van der Waals surface area contributed by atoms with Crippen LogP contribution in [0.1, 0.15) is 28.3 Å². The molecule has 0 bridgehead atoms. The zero-order valence-electron chi connectivity index (χ0n) is 14.4. The first-order chi connectivity index (χ1) is 12.7. The molecule has 1 fully saturated rings. The van der Waals surface area contributed by atoms with E-state index in [1.54, 1.807) is 24.3 Å². The highest BCUT2D eigenvalue weighted by Gasteiger charge is 2.49. The molecule has 134 valence electrons. The normalized spacial score (nSPS) is 23.8. The lowest BCUT2D eigenvalue weighted by molar-refractivity contribution is -0.0799. The van der Waals surface area contributed by atoms with E-state index in [0.717, 1.165) is 6.54 Å². The summed E-state index contributed by atoms with van der Waals surface area (Å²) in [5.41, 5.74) is -0.152. The third-order valence-corrected chi connectivity index (χ3v) is 5.10. The van der Waals surface area contributed by atoms with E-state index >= 15 is 0 Å². The number of carbonyl (C=O) groups excluding carboxylic acids is 1. The van der Waals surface area contributed by atoms with Crippen LogP contribution < -0.4 is 0 Å². The molecule has 0 amide bonds. The largest absolute Gasteiger partial charge is 0.466 e. The van der Waals surface area contributed by atoms with E-state index < -0.39 is 11.5 Å². The second-order valence-electron chi connectivity index (χ2n) is 6.77. The van der Waals surface area contributed by atoms with Gasteiger partial charge in [-0.25, -0.2) is 0 Å². The van der Waals surface area contributed by atoms with Gasteiger partial charge in [0.15, 0.2) is 5.76 Å². The maximum atomic E-state index is 13.0. The Morgan fingerprint density at radius 2 is 1.85 bits per heavy atom. The lowest BCUT2D eigenvalue weighted by Crippen LogP contribution is -2.52. The Morgan fingerprint density at radius 1 is 1.08 bits per heavy atom. The van der Waals surface area contributed by atoms with Crippen LogP contribution in [-0.4, -0.2) is 28.9 Å². The summed E-state index contributed by atoms with van der Waals surface area (Å²) in [6, 6.07) is 16.9. The van der Waals surface area contributed by atoms with E-state index in [1.165, 1.54) is 18.1 Å². The van der Waals surface area contributed by atoms with E-state index in [-0.39, 0.29) is 11.5 Å². The van der Waals surface area contributed by atoms with Gasteiger partial charge in [0, 0.05) is 19.6 Å². The molecule has 1 aromatic carbocycles. The van der Waals surface area contributed by atoms with Crippen LogP contribution >= 0.6 is 0 Å². The summed E-state index contributed by atoms with van der Waals surface area (Å²) >= 11 is 0. The maximum absolute atomic E-state index is 13.0. The van der Waals surface area contributed by atoms with Crippen LogP contribution in [0.3, 0.4) is 0 Å². The lowest BCUT2D eigenvalue weighted by atomic mass is 9.76. The lowest BCUT2D eigenvalue weighted by Gasteiger charge is -2.42. The van der Waals surface area contributed by atoms with Crippen molar-refractivity contribution in [2.24, 2.45) is 5.92 Å². The molecule has 0 saturated carbocycles. The molecule has 0 aliphatic carbocycles. The highest BCUT2D eigenvalue weighted by atomic mass is 16.4. The van der Waals surface area contributed by atoms with Crippen molar-refractivity contribution in [1.82, 2.24) is 4.90 Å². The van der Waals surface area contributed by atoms with Crippen LogP contribution in [0.5, 0.6) is 0 Å². The van der Waals surface area contributed by atoms with Crippen LogP contribution in [-0.2, 0) is 12.1 Å². The minimum Gasteiger partial charge on any atom is -0.466 e. The minimum atomic E-state index is -1.33. The number of hydrogen-bond acceptors (Lipinski definition) is 5. The van der Waals surface area contributed by atoms with Crippen LogP contribution in [0, 0.1) is 5.92 Å². The molecule has 2 atom stereocenters. The van der Waals surface area contributed by atoms with E-state index in [2.05, 4.69) is 17.0 Å². The minimum absolute atomic E-state index is 0.202. The van der Waals surface area contributed by atoms with Crippen LogP contribution in [0.25, 0.3) is 0 Å². The number of aliphatic hydroxyl groups is 1. The molecule has 1 N–H and O–H groups in total. The summed E-state index contributed by atoms with van der Waals surface area (Å²) in [5.74, 6) is -0.160. The fraction of sp³-hybridized carbons (Fsp3) is 0.286. The van der Waals surface area contributed by atoms with Crippen molar-refractivity contribution in [3.05, 3.63) is 84.2 Å². The Labute approximate surface area is 151 Å². The highest BCUT2D eigenvalue weighted by molar-refractivity contribution is 5.96. The van der Waals surface area contributed by atoms with Crippen LogP contribution in [0.4, 0.5) is 0 Å². The number of carbonyl (C=O) groups is 1. The maximum Gasteiger partial charge on any atom is 0.205 e. The van der Waals surface area contributed by atoms with Crippen molar-refractivity contribution < 1.29 is 18.7 Å². The Bertz CT molecular complexity index is 842. The molecule has 1 aliphatic rings. The first kappa shape index (κ1) is 16.8. The summed E-state index contributed by atoms with van der Waals surface area (Å²) in [6.07, 6.45) is 3.42. The molecule has 1 aliphatic heterocycles. The molecule has 5 heteroatoms. The number of furan rings is 2. The van der Waals surface area contributed by atoms with Crippen LogP contribution in [0.15, 0.2) is 76.0 Å². The van der Waals surface area contributed by atoms with Gasteiger partial charge in [0.1, 0.15) is 11.4 Å². The Balaban J connectivity index is 1.62. The van der Waals surface area contributed by atoms with E-state index in [9.17, 15) is 9.90 Å². The Morgan fingerprint density at radius 3 is 2.54 bits per heavy atom. The standard InChI is InChI=1S/C21H21NO4/c23-20(18-8-4-12-25-18)17-15-22(14-16-6-2-1-3-7-16)11-10-21(17,24)19-9-5-13-26-19/h1-9,12-13,17,24H,10-11,14-15H2/t17-,21-/m1/s1. The molecule has 3 aromatic rings. The zero-order chi connectivity index (χ0) is 18.0. The first-order valence-electron chi connectivity index (χ1n) is 8.77. The van der Waals surface area contributed by atoms with Gasteiger partial charge in [0.2, 0.25) is 5.78 Å². The summed E-state index contributed by atoms with van der Waals surface area (Å²) < 4.78 is 10.8. The topological polar surface area (TPSA) is 66.8 Å². The van der Waals surface area contributed by atoms with E-state index in [4.69, 9.17) is 8.83 Å². The van der Waals surface area contributed by atoms with Crippen molar-refractivity contribution in [2.75, 3.05) is 13.1 Å². The molecule has 2 aromatic heterocycles. The number of nitrogens with zero attached hydrogens (tertiary/aromatic N) is 1. The predicted molar refractivity (Wildman–Crippen MR) is 95.5 cm³/mol. The van der Waals surface area contributed by atoms with Gasteiger partial charge in [-0.2, -0.15) is 0 Å². The van der Waals surface area contributed by atoms with Gasteiger partial charge in [0.05, 0.1) is 18.4 Å². The van der Waals surface area contributed by atoms with Crippen molar-refractivity contribution >= 4 is 5.78 Å². The molecular formula is C21H21NO4. The summed E-state index contributed by atoms with van der Waals surface area (Å²) in [6.45, 7) is 1.84. The average molecular weight is 351 g/mol. The third-order valence-electron chi connectivity index (χ3n) is 5.10. The number of rotatable bonds is 5. The molecule has 1 saturated heterocycles. The summed E-state index contributed by atoms with van der Waals surface area (Å²) in [4.78, 5) is 15.2. The first-order valence-corrected chi connectivity index (χ1v) is 8.77. The SMILES string of the molecule is O=C(c1ccco1)[C@H]1CN(Cc2ccccc2)CC[C@]1(O)c1ccco1. The number of hydrogen-bond donors (Lipinski definition) is 1. The number of piperidine rings is 1. The second kappa shape index (κ2) is 6.94. The van der Waals surface area contributed by atoms with Crippen molar-refractivity contribution in [3.63, 3.8) is 0 Å². The number of benzene rings is 1. The molecule has 4 rings (SSSR count). The Kier molecular flexibility index (Phi) is 4.49. The average Bonchev–Trinajstić information content (AvgIpc) is 3.38. The van der Waals surface area contributed by atoms with Crippen molar-refractivity contribution in [1.29, 1.82) is 0 Å². The molecule has 5 nitrogen and oxygen atoms in total. The van der Waals surface area contributed by atoms with Gasteiger partial charge >= 0.3 is 0 Å². The van der Waals surface area contributed by atoms with Gasteiger partial charge in [-0.05, 0) is 36.2 Å². The van der Waals surface area contributed by atoms with Gasteiger partial charge in [0.25, 0.3) is 0 Å². The van der Waals surface area contributed by atoms with Crippen molar-refractivity contribution in [2.45, 2.75) is 18.6 Å². The third kappa shape index (κ3) is 3.11. The summed E-state index contributed by atoms with van der Waals surface area (Å²) in [7, 11) is 0. The molecular weight excluding hydrogens is 330 g/mol. The number of Topliss-reactive ketones (excluding diaryl/α,β-unsaturated/α-hetero) is 1. The van der Waals surface area contributed by atoms with Gasteiger partial charge in [-0.1, -0.05) is 30.3 Å². The Hall–Kier alpha value is -2.63. The fourth-order valence-corrected chi connectivity index (χ4v) is 3.70. The van der Waals surface area contributed by atoms with E-state index in [1.807, 2.05) is 18.2 Å². The van der Waals surface area contributed by atoms with Gasteiger partial charge in [-0.3, -0.25) is 9.69 Å². The predicted octanol–water partition coefficient (Wildman–Crippen LogP) is 3.47.